The van der Waals surface area contributed by atoms with Crippen LogP contribution in [0.5, 0.6) is 0 Å². The Labute approximate surface area is 165 Å². The van der Waals surface area contributed by atoms with Crippen LogP contribution in [0.15, 0.2) is 35.2 Å². The van der Waals surface area contributed by atoms with E-state index in [0.717, 1.165) is 34.5 Å². The van der Waals surface area contributed by atoms with Crippen LogP contribution < -0.4 is 5.73 Å². The Morgan fingerprint density at radius 3 is 2.54 bits per heavy atom. The number of anilines is 1. The third kappa shape index (κ3) is 3.63. The van der Waals surface area contributed by atoms with Crippen molar-refractivity contribution in [1.29, 1.82) is 0 Å². The van der Waals surface area contributed by atoms with Crippen LogP contribution in [0, 0.1) is 19.8 Å². The predicted octanol–water partition coefficient (Wildman–Crippen LogP) is 3.45. The summed E-state index contributed by atoms with van der Waals surface area (Å²) in [6.07, 6.45) is 3.91. The Balaban J connectivity index is 1.63. The third-order valence-electron chi connectivity index (χ3n) is 5.54. The number of nitrogens with two attached hydrogens (primary N) is 1. The smallest absolute Gasteiger partial charge is 0.178 e. The largest absolute Gasteiger partial charge is 0.382 e. The van der Waals surface area contributed by atoms with Crippen molar-refractivity contribution in [3.63, 3.8) is 0 Å². The van der Waals surface area contributed by atoms with Gasteiger partial charge in [-0.2, -0.15) is 0 Å². The molecule has 1 fully saturated rings. The molecule has 0 bridgehead atoms. The molecule has 0 unspecified atom stereocenters. The lowest BCUT2D eigenvalue weighted by Crippen LogP contribution is -2.12. The summed E-state index contributed by atoms with van der Waals surface area (Å²) in [7, 11) is -3.29. The maximum atomic E-state index is 12.6. The van der Waals surface area contributed by atoms with Crippen molar-refractivity contribution in [2.45, 2.75) is 51.0 Å². The molecule has 4 rings (SSSR count). The average molecular weight is 399 g/mol. The van der Waals surface area contributed by atoms with E-state index in [1.54, 1.807) is 24.3 Å². The van der Waals surface area contributed by atoms with Crippen LogP contribution in [0.25, 0.3) is 11.0 Å². The van der Waals surface area contributed by atoms with Gasteiger partial charge in [0.05, 0.1) is 16.2 Å². The molecule has 6 nitrogen and oxygen atoms in total. The van der Waals surface area contributed by atoms with Gasteiger partial charge in [-0.25, -0.2) is 18.4 Å². The highest BCUT2D eigenvalue weighted by Gasteiger charge is 2.26. The summed E-state index contributed by atoms with van der Waals surface area (Å²) in [6.45, 7) is 4.58. The Kier molecular flexibility index (Phi) is 4.87. The van der Waals surface area contributed by atoms with Gasteiger partial charge in [-0.3, -0.25) is 0 Å². The highest BCUT2D eigenvalue weighted by molar-refractivity contribution is 7.91. The minimum absolute atomic E-state index is 0.109. The second-order valence-corrected chi connectivity index (χ2v) is 9.83. The van der Waals surface area contributed by atoms with Gasteiger partial charge in [0.25, 0.3) is 0 Å². The number of hydrogen-bond acceptors (Lipinski definition) is 5. The van der Waals surface area contributed by atoms with Crippen molar-refractivity contribution in [2.24, 2.45) is 5.92 Å². The number of aryl methyl sites for hydroxylation is 3. The van der Waals surface area contributed by atoms with Crippen LogP contribution in [-0.2, 0) is 22.8 Å². The number of imidazole rings is 1. The number of sulfone groups is 1. The first-order valence-electron chi connectivity index (χ1n) is 9.76. The predicted molar refractivity (Wildman–Crippen MR) is 111 cm³/mol. The van der Waals surface area contributed by atoms with E-state index in [1.807, 2.05) is 19.9 Å². The average Bonchev–Trinajstić information content (AvgIpc) is 3.41. The molecular weight excluding hydrogens is 372 g/mol. The zero-order valence-electron chi connectivity index (χ0n) is 16.4. The molecule has 1 aliphatic carbocycles. The summed E-state index contributed by atoms with van der Waals surface area (Å²) in [5.74, 6) is 2.24. The summed E-state index contributed by atoms with van der Waals surface area (Å²) in [5, 5.41) is 0. The van der Waals surface area contributed by atoms with Crippen molar-refractivity contribution >= 4 is 26.7 Å². The van der Waals surface area contributed by atoms with Crippen molar-refractivity contribution < 1.29 is 8.42 Å². The van der Waals surface area contributed by atoms with Crippen LogP contribution in [0.2, 0.25) is 0 Å². The summed E-state index contributed by atoms with van der Waals surface area (Å²) in [4.78, 5) is 9.59. The zero-order valence-corrected chi connectivity index (χ0v) is 17.2. The van der Waals surface area contributed by atoms with Crippen LogP contribution in [-0.4, -0.2) is 28.7 Å². The standard InChI is InChI=1S/C21H26N4O2S/c1-14-15(2)23-21(22)19-20(14)25(18(24-19)13-16-9-10-16)11-6-12-28(26,27)17-7-4-3-5-8-17/h3-5,7-8,16H,6,9-13H2,1-2H3,(H2,22,23). The van der Waals surface area contributed by atoms with E-state index in [4.69, 9.17) is 10.7 Å². The lowest BCUT2D eigenvalue weighted by atomic mass is 10.2. The molecule has 0 spiro atoms. The number of nitrogen functional groups attached to an aromatic ring is 1. The Hall–Kier alpha value is -2.41. The van der Waals surface area contributed by atoms with E-state index in [1.165, 1.54) is 12.8 Å². The lowest BCUT2D eigenvalue weighted by Gasteiger charge is -2.12. The monoisotopic (exact) mass is 398 g/mol. The van der Waals surface area contributed by atoms with Crippen LogP contribution >= 0.6 is 0 Å². The number of benzene rings is 1. The molecule has 1 saturated carbocycles. The Morgan fingerprint density at radius 1 is 1.14 bits per heavy atom. The van der Waals surface area contributed by atoms with Crippen molar-refractivity contribution in [3.8, 4) is 0 Å². The van der Waals surface area contributed by atoms with Gasteiger partial charge in [0, 0.05) is 18.7 Å². The molecule has 2 aromatic heterocycles. The van der Waals surface area contributed by atoms with Gasteiger partial charge in [-0.15, -0.1) is 0 Å². The molecule has 1 aliphatic rings. The number of hydrogen-bond donors (Lipinski definition) is 1. The van der Waals surface area contributed by atoms with Gasteiger partial charge in [-0.1, -0.05) is 18.2 Å². The van der Waals surface area contributed by atoms with E-state index < -0.39 is 9.84 Å². The molecular formula is C21H26N4O2S. The van der Waals surface area contributed by atoms with Gasteiger partial charge in [0.1, 0.15) is 11.3 Å². The molecule has 0 atom stereocenters. The van der Waals surface area contributed by atoms with E-state index in [9.17, 15) is 8.42 Å². The van der Waals surface area contributed by atoms with Crippen molar-refractivity contribution in [3.05, 3.63) is 47.4 Å². The first-order chi connectivity index (χ1) is 13.4. The molecule has 1 aromatic carbocycles. The van der Waals surface area contributed by atoms with Gasteiger partial charge < -0.3 is 10.3 Å². The second kappa shape index (κ2) is 7.20. The van der Waals surface area contributed by atoms with Gasteiger partial charge in [-0.05, 0) is 56.7 Å². The van der Waals surface area contributed by atoms with Gasteiger partial charge >= 0.3 is 0 Å². The molecule has 0 aliphatic heterocycles. The highest BCUT2D eigenvalue weighted by Crippen LogP contribution is 2.34. The number of nitrogens with zero attached hydrogens (tertiary/aromatic N) is 3. The minimum atomic E-state index is -3.29. The summed E-state index contributed by atoms with van der Waals surface area (Å²) in [6, 6.07) is 8.64. The number of rotatable bonds is 7. The van der Waals surface area contributed by atoms with Crippen molar-refractivity contribution in [1.82, 2.24) is 14.5 Å². The topological polar surface area (TPSA) is 90.9 Å². The molecule has 0 radical (unpaired) electrons. The van der Waals surface area contributed by atoms with E-state index in [-0.39, 0.29) is 5.75 Å². The Morgan fingerprint density at radius 2 is 1.86 bits per heavy atom. The highest BCUT2D eigenvalue weighted by atomic mass is 32.2. The van der Waals surface area contributed by atoms with Crippen LogP contribution in [0.3, 0.4) is 0 Å². The number of aromatic nitrogens is 3. The maximum Gasteiger partial charge on any atom is 0.178 e. The third-order valence-corrected chi connectivity index (χ3v) is 7.36. The first kappa shape index (κ1) is 18.9. The van der Waals surface area contributed by atoms with Gasteiger partial charge in [0.2, 0.25) is 0 Å². The fraction of sp³-hybridized carbons (Fsp3) is 0.429. The fourth-order valence-corrected chi connectivity index (χ4v) is 5.00. The molecule has 2 N–H and O–H groups in total. The lowest BCUT2D eigenvalue weighted by molar-refractivity contribution is 0.582. The summed E-state index contributed by atoms with van der Waals surface area (Å²) >= 11 is 0. The molecule has 28 heavy (non-hydrogen) atoms. The van der Waals surface area contributed by atoms with Gasteiger partial charge in [0.15, 0.2) is 15.7 Å². The Bertz CT molecular complexity index is 1120. The van der Waals surface area contributed by atoms with Crippen LogP contribution in [0.4, 0.5) is 5.82 Å². The molecule has 0 saturated heterocycles. The number of pyridine rings is 1. The summed E-state index contributed by atoms with van der Waals surface area (Å²) < 4.78 is 27.4. The van der Waals surface area contributed by atoms with Crippen LogP contribution in [0.1, 0.15) is 36.3 Å². The second-order valence-electron chi connectivity index (χ2n) is 7.72. The summed E-state index contributed by atoms with van der Waals surface area (Å²) in [5.41, 5.74) is 9.83. The quantitative estimate of drug-likeness (QED) is 0.658. The van der Waals surface area contributed by atoms with E-state index >= 15 is 0 Å². The fourth-order valence-electron chi connectivity index (χ4n) is 3.68. The molecule has 2 heterocycles. The normalized spacial score (nSPS) is 14.6. The maximum absolute atomic E-state index is 12.6. The molecule has 3 aromatic rings. The molecule has 0 amide bonds. The molecule has 7 heteroatoms. The van der Waals surface area contributed by atoms with E-state index in [0.29, 0.717) is 29.6 Å². The van der Waals surface area contributed by atoms with E-state index in [2.05, 4.69) is 9.55 Å². The first-order valence-corrected chi connectivity index (χ1v) is 11.4. The zero-order chi connectivity index (χ0) is 19.9. The van der Waals surface area contributed by atoms with Crippen molar-refractivity contribution in [2.75, 3.05) is 11.5 Å². The molecule has 148 valence electrons. The minimum Gasteiger partial charge on any atom is -0.382 e. The SMILES string of the molecule is Cc1nc(N)c2nc(CC3CC3)n(CCCS(=O)(=O)c3ccccc3)c2c1C. The number of fused-ring (bicyclic) bond motifs is 1.